The van der Waals surface area contributed by atoms with E-state index in [1.54, 1.807) is 6.07 Å². The molecule has 1 fully saturated rings. The maximum absolute atomic E-state index is 11.7. The summed E-state index contributed by atoms with van der Waals surface area (Å²) in [6.07, 6.45) is 2.47. The summed E-state index contributed by atoms with van der Waals surface area (Å²) in [7, 11) is 0. The molecule has 2 N–H and O–H groups in total. The van der Waals surface area contributed by atoms with Crippen LogP contribution in [0.2, 0.25) is 0 Å². The summed E-state index contributed by atoms with van der Waals surface area (Å²) in [6, 6.07) is 2.86. The average molecular weight is 236 g/mol. The van der Waals surface area contributed by atoms with Crippen molar-refractivity contribution >= 4 is 17.6 Å². The number of ether oxygens (including phenoxy) is 1. The highest BCUT2D eigenvalue weighted by atomic mass is 16.5. The van der Waals surface area contributed by atoms with Gasteiger partial charge in [0, 0.05) is 18.5 Å². The number of pyridine rings is 1. The van der Waals surface area contributed by atoms with Crippen LogP contribution in [0.5, 0.6) is 0 Å². The molecular weight excluding hydrogens is 224 g/mol. The highest BCUT2D eigenvalue weighted by Gasteiger charge is 2.23. The number of carboxylic acids is 1. The van der Waals surface area contributed by atoms with Crippen molar-refractivity contribution in [1.82, 2.24) is 4.98 Å². The molecule has 6 nitrogen and oxygen atoms in total. The van der Waals surface area contributed by atoms with Gasteiger partial charge in [-0.1, -0.05) is 0 Å². The summed E-state index contributed by atoms with van der Waals surface area (Å²) in [5, 5.41) is 11.4. The molecule has 1 aliphatic heterocycles. The maximum Gasteiger partial charge on any atom is 0.354 e. The molecule has 0 bridgehead atoms. The lowest BCUT2D eigenvalue weighted by molar-refractivity contribution is -0.124. The number of carbonyl (C=O) groups excluding carboxylic acids is 1. The first-order chi connectivity index (χ1) is 8.16. The van der Waals surface area contributed by atoms with Gasteiger partial charge in [-0.2, -0.15) is 0 Å². The lowest BCUT2D eigenvalue weighted by atomic mass is 10.2. The summed E-state index contributed by atoms with van der Waals surface area (Å²) in [6.45, 7) is 0.592. The van der Waals surface area contributed by atoms with E-state index in [9.17, 15) is 9.59 Å². The van der Waals surface area contributed by atoms with E-state index in [1.165, 1.54) is 12.3 Å². The van der Waals surface area contributed by atoms with Crippen LogP contribution in [0.4, 0.5) is 5.69 Å². The number of carbonyl (C=O) groups is 2. The quantitative estimate of drug-likeness (QED) is 0.813. The van der Waals surface area contributed by atoms with Crippen molar-refractivity contribution in [2.24, 2.45) is 0 Å². The van der Waals surface area contributed by atoms with E-state index in [2.05, 4.69) is 10.3 Å². The molecule has 0 saturated carbocycles. The van der Waals surface area contributed by atoms with E-state index in [1.807, 2.05) is 0 Å². The van der Waals surface area contributed by atoms with E-state index in [0.717, 1.165) is 6.42 Å². The van der Waals surface area contributed by atoms with Gasteiger partial charge < -0.3 is 15.2 Å². The van der Waals surface area contributed by atoms with E-state index < -0.39 is 12.1 Å². The molecule has 0 aliphatic carbocycles. The molecule has 2 rings (SSSR count). The highest BCUT2D eigenvalue weighted by Crippen LogP contribution is 2.15. The largest absolute Gasteiger partial charge is 0.477 e. The fraction of sp³-hybridized carbons (Fsp3) is 0.364. The topological polar surface area (TPSA) is 88.5 Å². The molecule has 6 heteroatoms. The maximum atomic E-state index is 11.7. The molecule has 1 aromatic rings. The van der Waals surface area contributed by atoms with Crippen LogP contribution in [0.3, 0.4) is 0 Å². The number of aromatic carboxylic acids is 1. The fourth-order valence-electron chi connectivity index (χ4n) is 1.63. The Morgan fingerprint density at radius 1 is 1.53 bits per heavy atom. The Hall–Kier alpha value is -1.95. The third kappa shape index (κ3) is 2.79. The van der Waals surface area contributed by atoms with Gasteiger partial charge in [-0.3, -0.25) is 4.79 Å². The first kappa shape index (κ1) is 11.5. The predicted octanol–water partition coefficient (Wildman–Crippen LogP) is 0.897. The van der Waals surface area contributed by atoms with Crippen molar-refractivity contribution in [3.05, 3.63) is 24.0 Å². The van der Waals surface area contributed by atoms with Crippen LogP contribution in [0, 0.1) is 0 Å². The van der Waals surface area contributed by atoms with Crippen LogP contribution in [0.25, 0.3) is 0 Å². The van der Waals surface area contributed by atoms with Crippen LogP contribution in [0.15, 0.2) is 18.3 Å². The summed E-state index contributed by atoms with van der Waals surface area (Å²) in [5.74, 6) is -1.37. The molecule has 17 heavy (non-hydrogen) atoms. The van der Waals surface area contributed by atoms with Crippen LogP contribution in [-0.2, 0) is 9.53 Å². The summed E-state index contributed by atoms with van der Waals surface area (Å²) in [5.41, 5.74) is 0.313. The number of hydrogen-bond donors (Lipinski definition) is 2. The third-order valence-corrected chi connectivity index (χ3v) is 2.47. The molecule has 1 saturated heterocycles. The number of anilines is 1. The standard InChI is InChI=1S/C11H12N2O4/c14-10(9-2-1-5-17-9)13-7-3-4-12-8(6-7)11(15)16/h3-4,6,9H,1-2,5H2,(H,15,16)(H,12,13,14). The molecule has 1 unspecified atom stereocenters. The van der Waals surface area contributed by atoms with Crippen molar-refractivity contribution in [2.75, 3.05) is 11.9 Å². The number of carboxylic acid groups (broad SMARTS) is 1. The molecule has 1 aromatic heterocycles. The number of hydrogen-bond acceptors (Lipinski definition) is 4. The van der Waals surface area contributed by atoms with Gasteiger partial charge in [0.2, 0.25) is 0 Å². The van der Waals surface area contributed by atoms with Crippen LogP contribution in [0.1, 0.15) is 23.3 Å². The number of nitrogens with one attached hydrogen (secondary N) is 1. The monoisotopic (exact) mass is 236 g/mol. The zero-order valence-electron chi connectivity index (χ0n) is 9.05. The Morgan fingerprint density at radius 2 is 2.35 bits per heavy atom. The molecule has 90 valence electrons. The number of nitrogens with zero attached hydrogens (tertiary/aromatic N) is 1. The van der Waals surface area contributed by atoms with Gasteiger partial charge in [0.05, 0.1) is 0 Å². The van der Waals surface area contributed by atoms with Gasteiger partial charge in [-0.25, -0.2) is 9.78 Å². The Bertz CT molecular complexity index is 441. The fourth-order valence-corrected chi connectivity index (χ4v) is 1.63. The van der Waals surface area contributed by atoms with Gasteiger partial charge in [-0.05, 0) is 25.0 Å². The van der Waals surface area contributed by atoms with Gasteiger partial charge in [0.25, 0.3) is 5.91 Å². The van der Waals surface area contributed by atoms with Crippen molar-refractivity contribution in [3.8, 4) is 0 Å². The van der Waals surface area contributed by atoms with E-state index in [-0.39, 0.29) is 11.6 Å². The van der Waals surface area contributed by atoms with E-state index in [4.69, 9.17) is 9.84 Å². The minimum Gasteiger partial charge on any atom is -0.477 e. The van der Waals surface area contributed by atoms with E-state index in [0.29, 0.717) is 18.7 Å². The lowest BCUT2D eigenvalue weighted by Crippen LogP contribution is -2.26. The SMILES string of the molecule is O=C(O)c1cc(NC(=O)C2CCCO2)ccn1. The molecule has 0 radical (unpaired) electrons. The van der Waals surface area contributed by atoms with Crippen LogP contribution < -0.4 is 5.32 Å². The molecule has 1 amide bonds. The number of aromatic nitrogens is 1. The molecule has 0 spiro atoms. The van der Waals surface area contributed by atoms with Crippen molar-refractivity contribution in [1.29, 1.82) is 0 Å². The Balaban J connectivity index is 2.05. The smallest absolute Gasteiger partial charge is 0.354 e. The molecular formula is C11H12N2O4. The normalized spacial score (nSPS) is 18.9. The highest BCUT2D eigenvalue weighted by molar-refractivity contribution is 5.95. The molecule has 1 aliphatic rings. The van der Waals surface area contributed by atoms with Gasteiger partial charge in [0.15, 0.2) is 0 Å². The molecule has 1 atom stereocenters. The molecule has 0 aromatic carbocycles. The second-order valence-electron chi connectivity index (χ2n) is 3.73. The molecule has 2 heterocycles. The predicted molar refractivity (Wildman–Crippen MR) is 58.8 cm³/mol. The van der Waals surface area contributed by atoms with Crippen molar-refractivity contribution in [3.63, 3.8) is 0 Å². The van der Waals surface area contributed by atoms with Gasteiger partial charge in [-0.15, -0.1) is 0 Å². The van der Waals surface area contributed by atoms with Crippen molar-refractivity contribution in [2.45, 2.75) is 18.9 Å². The van der Waals surface area contributed by atoms with Gasteiger partial charge >= 0.3 is 5.97 Å². The average Bonchev–Trinajstić information content (AvgIpc) is 2.82. The Labute approximate surface area is 97.6 Å². The number of amides is 1. The summed E-state index contributed by atoms with van der Waals surface area (Å²) in [4.78, 5) is 26.0. The van der Waals surface area contributed by atoms with E-state index >= 15 is 0 Å². The summed E-state index contributed by atoms with van der Waals surface area (Å²) >= 11 is 0. The second kappa shape index (κ2) is 4.92. The zero-order valence-corrected chi connectivity index (χ0v) is 9.05. The van der Waals surface area contributed by atoms with Gasteiger partial charge in [0.1, 0.15) is 11.8 Å². The summed E-state index contributed by atoms with van der Waals surface area (Å²) < 4.78 is 5.22. The second-order valence-corrected chi connectivity index (χ2v) is 3.73. The van der Waals surface area contributed by atoms with Crippen molar-refractivity contribution < 1.29 is 19.4 Å². The minimum absolute atomic E-state index is 0.102. The van der Waals surface area contributed by atoms with Crippen LogP contribution in [-0.4, -0.2) is 34.7 Å². The Morgan fingerprint density at radius 3 is 3.00 bits per heavy atom. The Kier molecular flexibility index (Phi) is 3.34. The zero-order chi connectivity index (χ0) is 12.3. The third-order valence-electron chi connectivity index (χ3n) is 2.47. The minimum atomic E-state index is -1.13. The lowest BCUT2D eigenvalue weighted by Gasteiger charge is -2.10. The first-order valence-corrected chi connectivity index (χ1v) is 5.28. The first-order valence-electron chi connectivity index (χ1n) is 5.28. The number of rotatable bonds is 3. The van der Waals surface area contributed by atoms with Crippen LogP contribution >= 0.6 is 0 Å².